The van der Waals surface area contributed by atoms with Crippen LogP contribution >= 0.6 is 0 Å². The smallest absolute Gasteiger partial charge is 0.0120 e. The minimum atomic E-state index is 0.768. The minimum Gasteiger partial charge on any atom is -0.316 e. The number of nitrogens with one attached hydrogen (secondary N) is 1. The lowest BCUT2D eigenvalue weighted by Crippen LogP contribution is -2.42. The summed E-state index contributed by atoms with van der Waals surface area (Å²) in [6.45, 7) is 7.05. The van der Waals surface area contributed by atoms with Gasteiger partial charge < -0.3 is 5.32 Å². The molecule has 1 fully saturated rings. The summed E-state index contributed by atoms with van der Waals surface area (Å²) in [6, 6.07) is 0.768. The Labute approximate surface area is 102 Å². The fourth-order valence-electron chi connectivity index (χ4n) is 3.68. The number of rotatable bonds is 6. The monoisotopic (exact) mass is 225 g/mol. The van der Waals surface area contributed by atoms with Crippen molar-refractivity contribution in [1.29, 1.82) is 0 Å². The summed E-state index contributed by atoms with van der Waals surface area (Å²) in [6.07, 6.45) is 9.91. The van der Waals surface area contributed by atoms with Gasteiger partial charge in [-0.1, -0.05) is 52.9 Å². The zero-order chi connectivity index (χ0) is 12.0. The lowest BCUT2D eigenvalue weighted by atomic mass is 9.72. The van der Waals surface area contributed by atoms with Crippen LogP contribution in [-0.4, -0.2) is 13.1 Å². The lowest BCUT2D eigenvalue weighted by Gasteiger charge is -2.38. The van der Waals surface area contributed by atoms with Crippen molar-refractivity contribution < 1.29 is 0 Å². The molecule has 0 heterocycles. The van der Waals surface area contributed by atoms with Gasteiger partial charge in [0.05, 0.1) is 0 Å². The fourth-order valence-corrected chi connectivity index (χ4v) is 3.68. The topological polar surface area (TPSA) is 12.0 Å². The molecule has 0 radical (unpaired) electrons. The number of hydrogen-bond acceptors (Lipinski definition) is 1. The van der Waals surface area contributed by atoms with Crippen LogP contribution in [-0.2, 0) is 0 Å². The van der Waals surface area contributed by atoms with Crippen molar-refractivity contribution in [2.75, 3.05) is 7.05 Å². The highest BCUT2D eigenvalue weighted by Gasteiger charge is 2.30. The third kappa shape index (κ3) is 3.48. The summed E-state index contributed by atoms with van der Waals surface area (Å²) in [5, 5.41) is 3.62. The van der Waals surface area contributed by atoms with Gasteiger partial charge in [-0.2, -0.15) is 0 Å². The molecule has 3 unspecified atom stereocenters. The van der Waals surface area contributed by atoms with Crippen LogP contribution in [0.5, 0.6) is 0 Å². The Hall–Kier alpha value is -0.0400. The van der Waals surface area contributed by atoms with E-state index in [1.807, 2.05) is 0 Å². The summed E-state index contributed by atoms with van der Waals surface area (Å²) in [5.74, 6) is 2.82. The van der Waals surface area contributed by atoms with E-state index in [0.29, 0.717) is 0 Å². The molecule has 1 N–H and O–H groups in total. The standard InChI is InChI=1S/C15H31N/c1-5-12-9-8-10-14(11-12)15(16-4)13(6-2)7-3/h12-16H,5-11H2,1-4H3. The molecule has 0 bridgehead atoms. The highest BCUT2D eigenvalue weighted by Crippen LogP contribution is 2.36. The lowest BCUT2D eigenvalue weighted by molar-refractivity contribution is 0.168. The average Bonchev–Trinajstić information content (AvgIpc) is 2.35. The predicted octanol–water partition coefficient (Wildman–Crippen LogP) is 4.23. The van der Waals surface area contributed by atoms with E-state index in [2.05, 4.69) is 33.1 Å². The van der Waals surface area contributed by atoms with E-state index in [-0.39, 0.29) is 0 Å². The van der Waals surface area contributed by atoms with Gasteiger partial charge >= 0.3 is 0 Å². The molecule has 0 saturated heterocycles. The van der Waals surface area contributed by atoms with E-state index >= 15 is 0 Å². The Balaban J connectivity index is 2.57. The molecular formula is C15H31N. The van der Waals surface area contributed by atoms with Gasteiger partial charge in [-0.15, -0.1) is 0 Å². The molecule has 0 aliphatic heterocycles. The molecule has 1 aliphatic carbocycles. The van der Waals surface area contributed by atoms with Gasteiger partial charge in [-0.3, -0.25) is 0 Å². The maximum atomic E-state index is 3.62. The maximum Gasteiger partial charge on any atom is 0.0120 e. The Bertz CT molecular complexity index is 174. The first kappa shape index (κ1) is 14.0. The molecule has 1 saturated carbocycles. The molecule has 0 amide bonds. The molecule has 1 aliphatic rings. The SMILES string of the molecule is CCC1CCCC(C(NC)C(CC)CC)C1. The highest BCUT2D eigenvalue weighted by atomic mass is 14.9. The average molecular weight is 225 g/mol. The van der Waals surface area contributed by atoms with Crippen molar-refractivity contribution in [2.24, 2.45) is 17.8 Å². The molecule has 16 heavy (non-hydrogen) atoms. The summed E-state index contributed by atoms with van der Waals surface area (Å²) in [7, 11) is 2.17. The van der Waals surface area contributed by atoms with Gasteiger partial charge in [0.2, 0.25) is 0 Å². The highest BCUT2D eigenvalue weighted by molar-refractivity contribution is 4.85. The normalized spacial score (nSPS) is 28.3. The van der Waals surface area contributed by atoms with E-state index in [1.54, 1.807) is 0 Å². The first-order valence-corrected chi connectivity index (χ1v) is 7.43. The predicted molar refractivity (Wildman–Crippen MR) is 72.7 cm³/mol. The molecule has 0 aromatic heterocycles. The van der Waals surface area contributed by atoms with E-state index in [4.69, 9.17) is 0 Å². The third-order valence-electron chi connectivity index (χ3n) is 4.80. The minimum absolute atomic E-state index is 0.768. The van der Waals surface area contributed by atoms with Crippen LogP contribution in [0.25, 0.3) is 0 Å². The van der Waals surface area contributed by atoms with Crippen molar-refractivity contribution in [3.8, 4) is 0 Å². The van der Waals surface area contributed by atoms with Crippen molar-refractivity contribution in [3.63, 3.8) is 0 Å². The first-order valence-electron chi connectivity index (χ1n) is 7.43. The molecule has 0 aromatic carbocycles. The molecule has 0 spiro atoms. The molecule has 1 heteroatoms. The quantitative estimate of drug-likeness (QED) is 0.713. The van der Waals surface area contributed by atoms with E-state index in [0.717, 1.165) is 23.8 Å². The summed E-state index contributed by atoms with van der Waals surface area (Å²) in [4.78, 5) is 0. The molecule has 0 aromatic rings. The molecule has 1 nitrogen and oxygen atoms in total. The Morgan fingerprint density at radius 2 is 1.81 bits per heavy atom. The molecule has 3 atom stereocenters. The Kier molecular flexibility index (Phi) is 6.41. The van der Waals surface area contributed by atoms with Crippen molar-refractivity contribution in [2.45, 2.75) is 71.8 Å². The van der Waals surface area contributed by atoms with Crippen LogP contribution in [0, 0.1) is 17.8 Å². The van der Waals surface area contributed by atoms with Crippen LogP contribution in [0.4, 0.5) is 0 Å². The zero-order valence-corrected chi connectivity index (χ0v) is 11.8. The second kappa shape index (κ2) is 7.32. The fraction of sp³-hybridized carbons (Fsp3) is 1.00. The summed E-state index contributed by atoms with van der Waals surface area (Å²) < 4.78 is 0. The van der Waals surface area contributed by atoms with Crippen molar-refractivity contribution >= 4 is 0 Å². The summed E-state index contributed by atoms with van der Waals surface area (Å²) in [5.41, 5.74) is 0. The molecule has 96 valence electrons. The Morgan fingerprint density at radius 1 is 1.12 bits per heavy atom. The van der Waals surface area contributed by atoms with E-state index in [9.17, 15) is 0 Å². The largest absolute Gasteiger partial charge is 0.316 e. The first-order chi connectivity index (χ1) is 7.76. The second-order valence-electron chi connectivity index (χ2n) is 5.59. The van der Waals surface area contributed by atoms with Crippen molar-refractivity contribution in [3.05, 3.63) is 0 Å². The maximum absolute atomic E-state index is 3.62. The van der Waals surface area contributed by atoms with Gasteiger partial charge in [0.25, 0.3) is 0 Å². The second-order valence-corrected chi connectivity index (χ2v) is 5.59. The third-order valence-corrected chi connectivity index (χ3v) is 4.80. The Morgan fingerprint density at radius 3 is 2.31 bits per heavy atom. The van der Waals surface area contributed by atoms with Crippen LogP contribution in [0.2, 0.25) is 0 Å². The van der Waals surface area contributed by atoms with Crippen LogP contribution < -0.4 is 5.32 Å². The van der Waals surface area contributed by atoms with Gasteiger partial charge in [-0.25, -0.2) is 0 Å². The van der Waals surface area contributed by atoms with Crippen LogP contribution in [0.3, 0.4) is 0 Å². The van der Waals surface area contributed by atoms with Crippen LogP contribution in [0.1, 0.15) is 65.7 Å². The van der Waals surface area contributed by atoms with Gasteiger partial charge in [0, 0.05) is 6.04 Å². The molecular weight excluding hydrogens is 194 g/mol. The molecule has 1 rings (SSSR count). The van der Waals surface area contributed by atoms with E-state index in [1.165, 1.54) is 44.9 Å². The number of hydrogen-bond donors (Lipinski definition) is 1. The van der Waals surface area contributed by atoms with Gasteiger partial charge in [0.15, 0.2) is 0 Å². The van der Waals surface area contributed by atoms with Crippen LogP contribution in [0.15, 0.2) is 0 Å². The summed E-state index contributed by atoms with van der Waals surface area (Å²) >= 11 is 0. The van der Waals surface area contributed by atoms with E-state index < -0.39 is 0 Å². The zero-order valence-electron chi connectivity index (χ0n) is 11.8. The van der Waals surface area contributed by atoms with Crippen molar-refractivity contribution in [1.82, 2.24) is 5.32 Å². The van der Waals surface area contributed by atoms with Gasteiger partial charge in [-0.05, 0) is 37.6 Å². The van der Waals surface area contributed by atoms with Gasteiger partial charge in [0.1, 0.15) is 0 Å².